The summed E-state index contributed by atoms with van der Waals surface area (Å²) in [4.78, 5) is 12.7. The number of aryl methyl sites for hydroxylation is 3. The first-order valence-electron chi connectivity index (χ1n) is 8.13. The van der Waals surface area contributed by atoms with E-state index in [1.54, 1.807) is 19.9 Å². The van der Waals surface area contributed by atoms with Crippen LogP contribution in [-0.4, -0.2) is 36.4 Å². The lowest BCUT2D eigenvalue weighted by Crippen LogP contribution is -2.43. The predicted molar refractivity (Wildman–Crippen MR) is 92.7 cm³/mol. The Morgan fingerprint density at radius 1 is 1.32 bits per heavy atom. The zero-order valence-electron chi connectivity index (χ0n) is 14.4. The van der Waals surface area contributed by atoms with Gasteiger partial charge in [0.25, 0.3) is 0 Å². The van der Waals surface area contributed by atoms with Gasteiger partial charge in [-0.15, -0.1) is 0 Å². The molecule has 1 N–H and O–H groups in total. The molecular weight excluding hydrogens is 342 g/mol. The highest BCUT2D eigenvalue weighted by molar-refractivity contribution is 7.89. The summed E-state index contributed by atoms with van der Waals surface area (Å²) < 4.78 is 32.3. The van der Waals surface area contributed by atoms with E-state index in [1.807, 2.05) is 25.1 Å². The minimum Gasteiger partial charge on any atom is -0.360 e. The number of nitrogens with one attached hydrogen (secondary N) is 1. The van der Waals surface area contributed by atoms with E-state index in [0.717, 1.165) is 5.56 Å². The maximum absolute atomic E-state index is 13.0. The number of carbonyl (C=O) groups excluding carboxylic acids is 1. The summed E-state index contributed by atoms with van der Waals surface area (Å²) in [7, 11) is -3.84. The van der Waals surface area contributed by atoms with Gasteiger partial charge in [-0.05, 0) is 51.3 Å². The molecule has 1 atom stereocenters. The van der Waals surface area contributed by atoms with Gasteiger partial charge >= 0.3 is 0 Å². The number of amides is 1. The number of sulfonamides is 1. The number of rotatable bonds is 4. The van der Waals surface area contributed by atoms with Gasteiger partial charge in [0.05, 0.1) is 0 Å². The molecule has 7 nitrogen and oxygen atoms in total. The van der Waals surface area contributed by atoms with Crippen molar-refractivity contribution in [2.45, 2.75) is 44.6 Å². The average molecular weight is 363 g/mol. The van der Waals surface area contributed by atoms with Gasteiger partial charge in [0.2, 0.25) is 15.9 Å². The SMILES string of the molecule is Cc1cccc(NC(=O)[C@@H]2CCCN2S(=O)(=O)c2c(C)noc2C)c1. The number of anilines is 1. The fourth-order valence-electron chi connectivity index (χ4n) is 3.20. The second kappa shape index (κ2) is 6.61. The molecule has 2 aromatic rings. The summed E-state index contributed by atoms with van der Waals surface area (Å²) in [5.74, 6) is -0.0827. The van der Waals surface area contributed by atoms with E-state index in [1.165, 1.54) is 4.31 Å². The van der Waals surface area contributed by atoms with Gasteiger partial charge in [-0.1, -0.05) is 17.3 Å². The van der Waals surface area contributed by atoms with Crippen molar-refractivity contribution in [3.8, 4) is 0 Å². The maximum atomic E-state index is 13.0. The number of carbonyl (C=O) groups is 1. The lowest BCUT2D eigenvalue weighted by molar-refractivity contribution is -0.119. The molecule has 25 heavy (non-hydrogen) atoms. The topological polar surface area (TPSA) is 92.5 Å². The van der Waals surface area contributed by atoms with Crippen LogP contribution in [0.2, 0.25) is 0 Å². The molecule has 0 aliphatic carbocycles. The highest BCUT2D eigenvalue weighted by Crippen LogP contribution is 2.30. The van der Waals surface area contributed by atoms with Crippen molar-refractivity contribution in [2.75, 3.05) is 11.9 Å². The second-order valence-corrected chi connectivity index (χ2v) is 8.11. The van der Waals surface area contributed by atoms with Gasteiger partial charge < -0.3 is 9.84 Å². The Hall–Kier alpha value is -2.19. The molecule has 1 aromatic heterocycles. The van der Waals surface area contributed by atoms with Gasteiger partial charge in [-0.25, -0.2) is 8.42 Å². The van der Waals surface area contributed by atoms with Gasteiger partial charge in [0.1, 0.15) is 16.6 Å². The quantitative estimate of drug-likeness (QED) is 0.900. The zero-order chi connectivity index (χ0) is 18.2. The molecule has 0 saturated carbocycles. The van der Waals surface area contributed by atoms with E-state index >= 15 is 0 Å². The van der Waals surface area contributed by atoms with Crippen molar-refractivity contribution < 1.29 is 17.7 Å². The summed E-state index contributed by atoms with van der Waals surface area (Å²) in [6.45, 7) is 5.38. The molecule has 0 bridgehead atoms. The van der Waals surface area contributed by atoms with E-state index in [2.05, 4.69) is 10.5 Å². The van der Waals surface area contributed by atoms with Crippen LogP contribution in [0.15, 0.2) is 33.7 Å². The van der Waals surface area contributed by atoms with Gasteiger partial charge in [0.15, 0.2) is 5.76 Å². The number of aromatic nitrogens is 1. The Kier molecular flexibility index (Phi) is 4.66. The fourth-order valence-corrected chi connectivity index (χ4v) is 5.15. The Labute approximate surface area is 147 Å². The van der Waals surface area contributed by atoms with Crippen LogP contribution in [0.1, 0.15) is 29.9 Å². The van der Waals surface area contributed by atoms with Gasteiger partial charge in [-0.2, -0.15) is 4.31 Å². The van der Waals surface area contributed by atoms with Gasteiger partial charge in [-0.3, -0.25) is 4.79 Å². The molecule has 1 saturated heterocycles. The lowest BCUT2D eigenvalue weighted by atomic mass is 10.2. The standard InChI is InChI=1S/C17H21N3O4S/c1-11-6-4-7-14(10-11)18-17(21)15-8-5-9-20(15)25(22,23)16-12(2)19-24-13(16)3/h4,6-7,10,15H,5,8-9H2,1-3H3,(H,18,21)/t15-/m0/s1. The molecule has 3 rings (SSSR count). The molecular formula is C17H21N3O4S. The largest absolute Gasteiger partial charge is 0.360 e. The third-order valence-corrected chi connectivity index (χ3v) is 6.48. The minimum absolute atomic E-state index is 0.0581. The third kappa shape index (κ3) is 3.32. The first-order chi connectivity index (χ1) is 11.8. The van der Waals surface area contributed by atoms with E-state index in [9.17, 15) is 13.2 Å². The first kappa shape index (κ1) is 17.6. The van der Waals surface area contributed by atoms with E-state index in [0.29, 0.717) is 30.8 Å². The number of hydrogen-bond acceptors (Lipinski definition) is 5. The second-order valence-electron chi connectivity index (χ2n) is 6.29. The van der Waals surface area contributed by atoms with Crippen LogP contribution in [0, 0.1) is 20.8 Å². The van der Waals surface area contributed by atoms with Crippen molar-refractivity contribution in [1.82, 2.24) is 9.46 Å². The fraction of sp³-hybridized carbons (Fsp3) is 0.412. The Morgan fingerprint density at radius 3 is 2.72 bits per heavy atom. The normalized spacial score (nSPS) is 18.4. The summed E-state index contributed by atoms with van der Waals surface area (Å²) in [6, 6.07) is 6.67. The molecule has 134 valence electrons. The molecule has 0 unspecified atom stereocenters. The summed E-state index contributed by atoms with van der Waals surface area (Å²) in [5.41, 5.74) is 1.98. The van der Waals surface area contributed by atoms with Crippen LogP contribution in [-0.2, 0) is 14.8 Å². The Bertz CT molecular complexity index is 885. The summed E-state index contributed by atoms with van der Waals surface area (Å²) in [5, 5.41) is 6.54. The van der Waals surface area contributed by atoms with Crippen LogP contribution < -0.4 is 5.32 Å². The molecule has 8 heteroatoms. The summed E-state index contributed by atoms with van der Waals surface area (Å²) >= 11 is 0. The van der Waals surface area contributed by atoms with Crippen LogP contribution in [0.4, 0.5) is 5.69 Å². The van der Waals surface area contributed by atoms with Crippen LogP contribution in [0.3, 0.4) is 0 Å². The number of hydrogen-bond donors (Lipinski definition) is 1. The predicted octanol–water partition coefficient (Wildman–Crippen LogP) is 2.39. The summed E-state index contributed by atoms with van der Waals surface area (Å²) in [6.07, 6.45) is 1.12. The average Bonchev–Trinajstić information content (AvgIpc) is 3.15. The third-order valence-electron chi connectivity index (χ3n) is 4.33. The van der Waals surface area contributed by atoms with E-state index in [4.69, 9.17) is 4.52 Å². The van der Waals surface area contributed by atoms with Crippen molar-refractivity contribution in [3.63, 3.8) is 0 Å². The molecule has 0 radical (unpaired) electrons. The first-order valence-corrected chi connectivity index (χ1v) is 9.57. The molecule has 1 amide bonds. The van der Waals surface area contributed by atoms with E-state index in [-0.39, 0.29) is 16.6 Å². The van der Waals surface area contributed by atoms with Crippen molar-refractivity contribution in [1.29, 1.82) is 0 Å². The molecule has 2 heterocycles. The van der Waals surface area contributed by atoms with Crippen LogP contribution in [0.25, 0.3) is 0 Å². The van der Waals surface area contributed by atoms with E-state index < -0.39 is 16.1 Å². The Morgan fingerprint density at radius 2 is 2.08 bits per heavy atom. The smallest absolute Gasteiger partial charge is 0.249 e. The maximum Gasteiger partial charge on any atom is 0.249 e. The lowest BCUT2D eigenvalue weighted by Gasteiger charge is -2.23. The molecule has 1 aromatic carbocycles. The monoisotopic (exact) mass is 363 g/mol. The highest BCUT2D eigenvalue weighted by atomic mass is 32.2. The highest BCUT2D eigenvalue weighted by Gasteiger charge is 2.41. The molecule has 1 aliphatic heterocycles. The minimum atomic E-state index is -3.84. The van der Waals surface area contributed by atoms with Crippen LogP contribution in [0.5, 0.6) is 0 Å². The number of benzene rings is 1. The van der Waals surface area contributed by atoms with Crippen molar-refractivity contribution >= 4 is 21.6 Å². The van der Waals surface area contributed by atoms with Gasteiger partial charge in [0, 0.05) is 12.2 Å². The molecule has 0 spiro atoms. The van der Waals surface area contributed by atoms with Crippen molar-refractivity contribution in [3.05, 3.63) is 41.3 Å². The molecule has 1 fully saturated rings. The molecule has 1 aliphatic rings. The number of nitrogens with zero attached hydrogens (tertiary/aromatic N) is 2. The van der Waals surface area contributed by atoms with Crippen LogP contribution >= 0.6 is 0 Å². The van der Waals surface area contributed by atoms with Crippen molar-refractivity contribution in [2.24, 2.45) is 0 Å². The Balaban J connectivity index is 1.86. The zero-order valence-corrected chi connectivity index (χ0v) is 15.3.